The summed E-state index contributed by atoms with van der Waals surface area (Å²) in [7, 11) is 0. The number of hydrogen-bond acceptors (Lipinski definition) is 6. The van der Waals surface area contributed by atoms with Crippen molar-refractivity contribution < 1.29 is 9.53 Å². The van der Waals surface area contributed by atoms with Crippen molar-refractivity contribution in [2.45, 2.75) is 32.8 Å². The first-order valence-corrected chi connectivity index (χ1v) is 8.66. The Bertz CT molecular complexity index is 668. The first-order chi connectivity index (χ1) is 11.2. The van der Waals surface area contributed by atoms with Gasteiger partial charge < -0.3 is 9.64 Å². The monoisotopic (exact) mass is 332 g/mol. The number of carbonyl (C=O) groups is 1. The van der Waals surface area contributed by atoms with Gasteiger partial charge in [0.05, 0.1) is 11.8 Å². The molecule has 1 saturated heterocycles. The van der Waals surface area contributed by atoms with Crippen molar-refractivity contribution in [3.8, 4) is 10.8 Å². The highest BCUT2D eigenvalue weighted by molar-refractivity contribution is 7.17. The second kappa shape index (κ2) is 7.14. The molecule has 1 unspecified atom stereocenters. The van der Waals surface area contributed by atoms with Crippen LogP contribution in [0.25, 0.3) is 10.8 Å². The standard InChI is InChI=1S/C16H20N4O2S/c1-3-20(10-12-6-4-9-22-12)16(21)13-11(2)19-15(23-13)14-17-7-5-8-18-14/h5,7-8,12H,3-4,6,9-10H2,1-2H3. The normalized spacial score (nSPS) is 17.4. The van der Waals surface area contributed by atoms with Gasteiger partial charge in [-0.2, -0.15) is 0 Å². The van der Waals surface area contributed by atoms with E-state index in [9.17, 15) is 4.79 Å². The molecule has 6 nitrogen and oxygen atoms in total. The van der Waals surface area contributed by atoms with Gasteiger partial charge in [-0.25, -0.2) is 15.0 Å². The largest absolute Gasteiger partial charge is 0.376 e. The number of hydrogen-bond donors (Lipinski definition) is 0. The van der Waals surface area contributed by atoms with Crippen molar-refractivity contribution in [3.05, 3.63) is 29.0 Å². The Morgan fingerprint density at radius 1 is 1.43 bits per heavy atom. The molecule has 0 aliphatic carbocycles. The molecule has 0 radical (unpaired) electrons. The van der Waals surface area contributed by atoms with Crippen molar-refractivity contribution in [2.24, 2.45) is 0 Å². The first kappa shape index (κ1) is 16.0. The van der Waals surface area contributed by atoms with E-state index in [1.54, 1.807) is 18.5 Å². The fourth-order valence-electron chi connectivity index (χ4n) is 2.63. The highest BCUT2D eigenvalue weighted by Gasteiger charge is 2.25. The van der Waals surface area contributed by atoms with E-state index < -0.39 is 0 Å². The topological polar surface area (TPSA) is 68.2 Å². The zero-order valence-electron chi connectivity index (χ0n) is 13.4. The summed E-state index contributed by atoms with van der Waals surface area (Å²) in [6.07, 6.45) is 5.61. The van der Waals surface area contributed by atoms with Crippen LogP contribution in [-0.2, 0) is 4.74 Å². The van der Waals surface area contributed by atoms with E-state index in [1.165, 1.54) is 11.3 Å². The van der Waals surface area contributed by atoms with Crippen LogP contribution in [0.2, 0.25) is 0 Å². The van der Waals surface area contributed by atoms with Crippen LogP contribution in [0.5, 0.6) is 0 Å². The maximum absolute atomic E-state index is 12.8. The van der Waals surface area contributed by atoms with Crippen molar-refractivity contribution >= 4 is 17.2 Å². The molecule has 0 saturated carbocycles. The van der Waals surface area contributed by atoms with E-state index in [-0.39, 0.29) is 12.0 Å². The lowest BCUT2D eigenvalue weighted by molar-refractivity contribution is 0.0542. The first-order valence-electron chi connectivity index (χ1n) is 7.84. The Morgan fingerprint density at radius 2 is 2.22 bits per heavy atom. The number of likely N-dealkylation sites (N-methyl/N-ethyl adjacent to an activating group) is 1. The molecule has 1 amide bonds. The van der Waals surface area contributed by atoms with E-state index in [2.05, 4.69) is 15.0 Å². The number of amides is 1. The highest BCUT2D eigenvalue weighted by Crippen LogP contribution is 2.26. The van der Waals surface area contributed by atoms with E-state index >= 15 is 0 Å². The third kappa shape index (κ3) is 3.56. The van der Waals surface area contributed by atoms with Crippen molar-refractivity contribution in [1.29, 1.82) is 0 Å². The summed E-state index contributed by atoms with van der Waals surface area (Å²) in [6.45, 7) is 5.95. The van der Waals surface area contributed by atoms with Gasteiger partial charge in [0.25, 0.3) is 5.91 Å². The molecule has 23 heavy (non-hydrogen) atoms. The van der Waals surface area contributed by atoms with Gasteiger partial charge in [0.1, 0.15) is 4.88 Å². The van der Waals surface area contributed by atoms with Gasteiger partial charge in [0.2, 0.25) is 0 Å². The summed E-state index contributed by atoms with van der Waals surface area (Å²) in [6, 6.07) is 1.76. The SMILES string of the molecule is CCN(CC1CCCO1)C(=O)c1sc(-c2ncccn2)nc1C. The van der Waals surface area contributed by atoms with E-state index in [0.29, 0.717) is 28.8 Å². The molecule has 7 heteroatoms. The number of ether oxygens (including phenoxy) is 1. The van der Waals surface area contributed by atoms with Crippen LogP contribution in [0.15, 0.2) is 18.5 Å². The van der Waals surface area contributed by atoms with Crippen molar-refractivity contribution in [1.82, 2.24) is 19.9 Å². The minimum Gasteiger partial charge on any atom is -0.376 e. The summed E-state index contributed by atoms with van der Waals surface area (Å²) < 4.78 is 5.65. The van der Waals surface area contributed by atoms with Gasteiger partial charge in [0.15, 0.2) is 10.8 Å². The second-order valence-electron chi connectivity index (χ2n) is 5.48. The van der Waals surface area contributed by atoms with Gasteiger partial charge in [0, 0.05) is 32.1 Å². The number of aryl methyl sites for hydroxylation is 1. The molecule has 3 rings (SSSR count). The number of carbonyl (C=O) groups excluding carboxylic acids is 1. The van der Waals surface area contributed by atoms with Gasteiger partial charge >= 0.3 is 0 Å². The summed E-state index contributed by atoms with van der Waals surface area (Å²) in [4.78, 5) is 28.2. The molecule has 0 spiro atoms. The summed E-state index contributed by atoms with van der Waals surface area (Å²) >= 11 is 1.35. The molecule has 3 heterocycles. The van der Waals surface area contributed by atoms with Gasteiger partial charge in [-0.15, -0.1) is 11.3 Å². The quantitative estimate of drug-likeness (QED) is 0.842. The molecule has 0 bridgehead atoms. The van der Waals surface area contributed by atoms with Crippen LogP contribution in [0.1, 0.15) is 35.1 Å². The molecule has 1 aliphatic rings. The fourth-order valence-corrected chi connectivity index (χ4v) is 3.62. The third-order valence-corrected chi connectivity index (χ3v) is 5.01. The van der Waals surface area contributed by atoms with Crippen LogP contribution >= 0.6 is 11.3 Å². The Kier molecular flexibility index (Phi) is 4.97. The average Bonchev–Trinajstić information content (AvgIpc) is 3.22. The average molecular weight is 332 g/mol. The lowest BCUT2D eigenvalue weighted by Gasteiger charge is -2.23. The maximum Gasteiger partial charge on any atom is 0.265 e. The summed E-state index contributed by atoms with van der Waals surface area (Å²) in [5.74, 6) is 0.571. The Hall–Kier alpha value is -1.86. The van der Waals surface area contributed by atoms with E-state index in [0.717, 1.165) is 25.1 Å². The summed E-state index contributed by atoms with van der Waals surface area (Å²) in [5.41, 5.74) is 0.730. The van der Waals surface area contributed by atoms with Crippen molar-refractivity contribution in [3.63, 3.8) is 0 Å². The highest BCUT2D eigenvalue weighted by atomic mass is 32.1. The molecule has 0 N–H and O–H groups in total. The van der Waals surface area contributed by atoms with Crippen LogP contribution in [0.4, 0.5) is 0 Å². The van der Waals surface area contributed by atoms with Gasteiger partial charge in [-0.3, -0.25) is 4.79 Å². The molecule has 0 aromatic carbocycles. The predicted molar refractivity (Wildman–Crippen MR) is 88.4 cm³/mol. The Morgan fingerprint density at radius 3 is 2.87 bits per heavy atom. The minimum atomic E-state index is 0.0141. The zero-order valence-corrected chi connectivity index (χ0v) is 14.2. The van der Waals surface area contributed by atoms with Crippen molar-refractivity contribution in [2.75, 3.05) is 19.7 Å². The van der Waals surface area contributed by atoms with E-state index in [4.69, 9.17) is 4.74 Å². The molecule has 122 valence electrons. The predicted octanol–water partition coefficient (Wildman–Crippen LogP) is 2.55. The van der Waals surface area contributed by atoms with E-state index in [1.807, 2.05) is 18.7 Å². The molecule has 2 aromatic rings. The number of aromatic nitrogens is 3. The smallest absolute Gasteiger partial charge is 0.265 e. The third-order valence-electron chi connectivity index (χ3n) is 3.86. The summed E-state index contributed by atoms with van der Waals surface area (Å²) in [5, 5.41) is 0.680. The molecule has 1 aliphatic heterocycles. The fraction of sp³-hybridized carbons (Fsp3) is 0.500. The van der Waals surface area contributed by atoms with Gasteiger partial charge in [-0.1, -0.05) is 0 Å². The number of nitrogens with zero attached hydrogens (tertiary/aromatic N) is 4. The number of rotatable bonds is 5. The Labute approximate surface area is 139 Å². The Balaban J connectivity index is 1.79. The molecular weight excluding hydrogens is 312 g/mol. The maximum atomic E-state index is 12.8. The van der Waals surface area contributed by atoms with Gasteiger partial charge in [-0.05, 0) is 32.8 Å². The molecule has 1 atom stereocenters. The van der Waals surface area contributed by atoms with Crippen LogP contribution in [-0.4, -0.2) is 51.6 Å². The molecule has 2 aromatic heterocycles. The van der Waals surface area contributed by atoms with Crippen LogP contribution in [0.3, 0.4) is 0 Å². The minimum absolute atomic E-state index is 0.0141. The second-order valence-corrected chi connectivity index (χ2v) is 6.48. The van der Waals surface area contributed by atoms with Crippen LogP contribution < -0.4 is 0 Å². The molecule has 1 fully saturated rings. The number of thiazole rings is 1. The lowest BCUT2D eigenvalue weighted by Crippen LogP contribution is -2.37. The van der Waals surface area contributed by atoms with Crippen LogP contribution in [0, 0.1) is 6.92 Å². The lowest BCUT2D eigenvalue weighted by atomic mass is 10.2. The molecular formula is C16H20N4O2S. The zero-order chi connectivity index (χ0) is 16.2.